The van der Waals surface area contributed by atoms with Crippen LogP contribution < -0.4 is 0 Å². The lowest BCUT2D eigenvalue weighted by atomic mass is 9.82. The highest BCUT2D eigenvalue weighted by Gasteiger charge is 2.26. The molecule has 0 spiro atoms. The van der Waals surface area contributed by atoms with Gasteiger partial charge in [0.15, 0.2) is 0 Å². The van der Waals surface area contributed by atoms with Gasteiger partial charge >= 0.3 is 0 Å². The summed E-state index contributed by atoms with van der Waals surface area (Å²) in [6.45, 7) is 8.24. The first-order valence-electron chi connectivity index (χ1n) is 12.4. The molecule has 3 rings (SSSR count). The number of hydrogen-bond donors (Lipinski definition) is 0. The molecule has 0 heterocycles. The summed E-state index contributed by atoms with van der Waals surface area (Å²) in [4.78, 5) is 2.64. The van der Waals surface area contributed by atoms with Gasteiger partial charge in [-0.05, 0) is 61.8 Å². The molecular weight excluding hydrogens is 395 g/mol. The number of benzene rings is 2. The second-order valence-electron chi connectivity index (χ2n) is 8.84. The van der Waals surface area contributed by atoms with Crippen molar-refractivity contribution in [2.45, 2.75) is 90.3 Å². The fourth-order valence-electron chi connectivity index (χ4n) is 4.89. The highest BCUT2D eigenvalue weighted by Crippen LogP contribution is 2.35. The summed E-state index contributed by atoms with van der Waals surface area (Å²) in [6.07, 6.45) is 7.90. The summed E-state index contributed by atoms with van der Waals surface area (Å²) in [5, 5.41) is 7.32. The third-order valence-electron chi connectivity index (χ3n) is 6.78. The van der Waals surface area contributed by atoms with E-state index in [1.165, 1.54) is 42.9 Å². The van der Waals surface area contributed by atoms with E-state index in [1.807, 2.05) is 0 Å². The topological polar surface area (TPSA) is 27.0 Å². The number of hydrogen-bond acceptors (Lipinski definition) is 2. The summed E-state index contributed by atoms with van der Waals surface area (Å²) >= 11 is 0. The largest absolute Gasteiger partial charge is 0.300 e. The summed E-state index contributed by atoms with van der Waals surface area (Å²) < 4.78 is 14.3. The minimum absolute atomic E-state index is 0.120. The van der Waals surface area contributed by atoms with Gasteiger partial charge in [-0.15, -0.1) is 0 Å². The van der Waals surface area contributed by atoms with Gasteiger partial charge in [0.1, 0.15) is 6.17 Å². The highest BCUT2D eigenvalue weighted by atomic mass is 19.1. The Kier molecular flexibility index (Phi) is 12.1. The molecule has 0 amide bonds. The van der Waals surface area contributed by atoms with Gasteiger partial charge in [-0.2, -0.15) is 5.26 Å². The van der Waals surface area contributed by atoms with Gasteiger partial charge in [-0.25, -0.2) is 4.39 Å². The molecule has 0 N–H and O–H groups in total. The fourth-order valence-corrected chi connectivity index (χ4v) is 4.89. The number of nitriles is 1. The Morgan fingerprint density at radius 2 is 1.59 bits per heavy atom. The molecule has 1 aliphatic carbocycles. The quantitative estimate of drug-likeness (QED) is 0.386. The van der Waals surface area contributed by atoms with Crippen LogP contribution in [0.1, 0.15) is 81.9 Å². The predicted octanol–water partition coefficient (Wildman–Crippen LogP) is 7.49. The van der Waals surface area contributed by atoms with Gasteiger partial charge in [0.2, 0.25) is 0 Å². The van der Waals surface area contributed by atoms with Crippen molar-refractivity contribution in [2.75, 3.05) is 13.1 Å². The zero-order valence-corrected chi connectivity index (χ0v) is 20.3. The Hall–Kier alpha value is -2.18. The first-order chi connectivity index (χ1) is 15.6. The fraction of sp³-hybridized carbons (Fsp3) is 0.552. The molecule has 32 heavy (non-hydrogen) atoms. The predicted molar refractivity (Wildman–Crippen MR) is 134 cm³/mol. The molecule has 0 radical (unpaired) electrons. The molecule has 174 valence electrons. The van der Waals surface area contributed by atoms with Crippen LogP contribution in [0.4, 0.5) is 4.39 Å². The van der Waals surface area contributed by atoms with E-state index in [0.29, 0.717) is 6.04 Å². The van der Waals surface area contributed by atoms with E-state index < -0.39 is 6.17 Å². The van der Waals surface area contributed by atoms with E-state index in [-0.39, 0.29) is 5.92 Å². The van der Waals surface area contributed by atoms with Gasteiger partial charge in [0.05, 0.1) is 6.07 Å². The third kappa shape index (κ3) is 8.40. The van der Waals surface area contributed by atoms with Crippen LogP contribution in [0.3, 0.4) is 0 Å². The molecular formula is C29H41FN2. The van der Waals surface area contributed by atoms with Crippen LogP contribution >= 0.6 is 0 Å². The van der Waals surface area contributed by atoms with E-state index in [1.54, 1.807) is 6.07 Å². The maximum Gasteiger partial charge on any atom is 0.107 e. The van der Waals surface area contributed by atoms with Crippen molar-refractivity contribution < 1.29 is 4.39 Å². The minimum atomic E-state index is -0.651. The van der Waals surface area contributed by atoms with E-state index in [2.05, 4.69) is 73.3 Å². The summed E-state index contributed by atoms with van der Waals surface area (Å²) in [5.74, 6) is 0.120. The zero-order chi connectivity index (χ0) is 23.2. The molecule has 1 fully saturated rings. The average Bonchev–Trinajstić information content (AvgIpc) is 2.83. The second-order valence-corrected chi connectivity index (χ2v) is 8.84. The first-order valence-corrected chi connectivity index (χ1v) is 12.4. The van der Waals surface area contributed by atoms with Crippen molar-refractivity contribution in [3.63, 3.8) is 0 Å². The standard InChI is InChI=1S/C27H38FN.C2H3N/c1-3-25(29(4-2)21-20-22-10-6-5-7-11-22)19-16-23-14-17-24(18-15-23)26-12-8-9-13-27(26)28;1-2-3/h5-7,10-11,14-15,17-18,25-27H,3-4,8-9,12-13,16,19-21H2,1-2H3;1H3. The molecule has 3 unspecified atom stereocenters. The summed E-state index contributed by atoms with van der Waals surface area (Å²) in [7, 11) is 0. The SMILES string of the molecule is CC#N.CCC(CCc1ccc(C2CCCCC2F)cc1)N(CC)CCc1ccccc1. The lowest BCUT2D eigenvalue weighted by molar-refractivity contribution is 0.193. The number of likely N-dealkylation sites (N-methyl/N-ethyl adjacent to an activating group) is 1. The van der Waals surface area contributed by atoms with Gasteiger partial charge in [-0.3, -0.25) is 0 Å². The van der Waals surface area contributed by atoms with Gasteiger partial charge in [-0.1, -0.05) is 81.3 Å². The van der Waals surface area contributed by atoms with Crippen molar-refractivity contribution in [3.8, 4) is 6.07 Å². The third-order valence-corrected chi connectivity index (χ3v) is 6.78. The van der Waals surface area contributed by atoms with Crippen LogP contribution in [0.2, 0.25) is 0 Å². The Morgan fingerprint density at radius 1 is 0.969 bits per heavy atom. The maximum absolute atomic E-state index is 14.3. The van der Waals surface area contributed by atoms with Gasteiger partial charge in [0, 0.05) is 25.4 Å². The smallest absolute Gasteiger partial charge is 0.107 e. The van der Waals surface area contributed by atoms with Crippen molar-refractivity contribution in [1.29, 1.82) is 5.26 Å². The molecule has 3 heteroatoms. The van der Waals surface area contributed by atoms with E-state index in [0.717, 1.165) is 45.2 Å². The highest BCUT2D eigenvalue weighted by molar-refractivity contribution is 5.27. The number of rotatable bonds is 10. The van der Waals surface area contributed by atoms with Crippen LogP contribution in [0.15, 0.2) is 54.6 Å². The van der Waals surface area contributed by atoms with Crippen molar-refractivity contribution >= 4 is 0 Å². The molecule has 2 aromatic rings. The molecule has 2 nitrogen and oxygen atoms in total. The molecule has 2 aromatic carbocycles. The van der Waals surface area contributed by atoms with Gasteiger partial charge in [0.25, 0.3) is 0 Å². The maximum atomic E-state index is 14.3. The van der Waals surface area contributed by atoms with Gasteiger partial charge < -0.3 is 4.90 Å². The number of aryl methyl sites for hydroxylation is 1. The number of nitrogens with zero attached hydrogens (tertiary/aromatic N) is 2. The van der Waals surface area contributed by atoms with Crippen LogP contribution in [-0.2, 0) is 12.8 Å². The Bertz CT molecular complexity index is 781. The van der Waals surface area contributed by atoms with Crippen LogP contribution in [-0.4, -0.2) is 30.2 Å². The second kappa shape index (κ2) is 14.8. The van der Waals surface area contributed by atoms with Crippen molar-refractivity contribution in [2.24, 2.45) is 0 Å². The zero-order valence-electron chi connectivity index (χ0n) is 20.3. The number of alkyl halides is 1. The molecule has 1 saturated carbocycles. The van der Waals surface area contributed by atoms with Crippen molar-refractivity contribution in [1.82, 2.24) is 4.90 Å². The van der Waals surface area contributed by atoms with E-state index in [9.17, 15) is 4.39 Å². The van der Waals surface area contributed by atoms with Crippen molar-refractivity contribution in [3.05, 3.63) is 71.3 Å². The molecule has 0 saturated heterocycles. The minimum Gasteiger partial charge on any atom is -0.300 e. The van der Waals surface area contributed by atoms with Crippen LogP contribution in [0.5, 0.6) is 0 Å². The Balaban J connectivity index is 0.00000114. The monoisotopic (exact) mass is 436 g/mol. The lowest BCUT2D eigenvalue weighted by Crippen LogP contribution is -2.36. The van der Waals surface area contributed by atoms with Crippen LogP contribution in [0, 0.1) is 11.3 Å². The molecule has 0 aromatic heterocycles. The molecule has 3 atom stereocenters. The summed E-state index contributed by atoms with van der Waals surface area (Å²) in [6, 6.07) is 22.0. The molecule has 1 aliphatic rings. The molecule has 0 bridgehead atoms. The summed E-state index contributed by atoms with van der Waals surface area (Å²) in [5.41, 5.74) is 4.01. The number of halogens is 1. The Morgan fingerprint density at radius 3 is 2.19 bits per heavy atom. The van der Waals surface area contributed by atoms with E-state index in [4.69, 9.17) is 5.26 Å². The molecule has 0 aliphatic heterocycles. The Labute approximate surface area is 195 Å². The lowest BCUT2D eigenvalue weighted by Gasteiger charge is -2.30. The normalized spacial score (nSPS) is 19.0. The van der Waals surface area contributed by atoms with Crippen LogP contribution in [0.25, 0.3) is 0 Å². The average molecular weight is 437 g/mol. The first kappa shape index (κ1) is 26.1. The van der Waals surface area contributed by atoms with E-state index >= 15 is 0 Å².